The van der Waals surface area contributed by atoms with Gasteiger partial charge in [0.25, 0.3) is 11.8 Å². The lowest BCUT2D eigenvalue weighted by Gasteiger charge is -2.32. The zero-order valence-electron chi connectivity index (χ0n) is 18.7. The summed E-state index contributed by atoms with van der Waals surface area (Å²) in [7, 11) is 2.10. The number of aliphatic hydroxyl groups is 1. The number of halogens is 1. The molecule has 1 aromatic heterocycles. The van der Waals surface area contributed by atoms with Crippen molar-refractivity contribution in [2.75, 3.05) is 33.3 Å². The first-order valence-corrected chi connectivity index (χ1v) is 12.4. The lowest BCUT2D eigenvalue weighted by molar-refractivity contribution is 0.0724. The molecule has 1 aromatic carbocycles. The molecule has 2 aromatic rings. The van der Waals surface area contributed by atoms with Crippen molar-refractivity contribution in [1.82, 2.24) is 24.3 Å². The van der Waals surface area contributed by atoms with E-state index in [4.69, 9.17) is 16.7 Å². The van der Waals surface area contributed by atoms with Gasteiger partial charge in [-0.15, -0.1) is 0 Å². The quantitative estimate of drug-likeness (QED) is 0.544. The first-order chi connectivity index (χ1) is 15.8. The van der Waals surface area contributed by atoms with Crippen LogP contribution in [0.3, 0.4) is 0 Å². The third-order valence-corrected chi connectivity index (χ3v) is 8.48. The number of hydrogen-bond acceptors (Lipinski definition) is 5. The Morgan fingerprint density at radius 3 is 2.67 bits per heavy atom. The highest BCUT2D eigenvalue weighted by atomic mass is 35.5. The molecule has 33 heavy (non-hydrogen) atoms. The fourth-order valence-electron chi connectivity index (χ4n) is 4.20. The summed E-state index contributed by atoms with van der Waals surface area (Å²) < 4.78 is 15.6. The average molecular weight is 494 g/mol. The molecule has 1 aliphatic heterocycles. The third-order valence-electron chi connectivity index (χ3n) is 6.20. The number of carbonyl (C=O) groups is 2. The molecular weight excluding hydrogens is 466 g/mol. The van der Waals surface area contributed by atoms with E-state index in [1.165, 1.54) is 4.68 Å². The van der Waals surface area contributed by atoms with Crippen molar-refractivity contribution in [3.05, 3.63) is 51.8 Å². The number of rotatable bonds is 9. The van der Waals surface area contributed by atoms with Crippen LogP contribution in [0.5, 0.6) is 0 Å². The maximum absolute atomic E-state index is 13.3. The van der Waals surface area contributed by atoms with Crippen LogP contribution in [0, 0.1) is 0 Å². The summed E-state index contributed by atoms with van der Waals surface area (Å²) in [6.45, 7) is 1.41. The van der Waals surface area contributed by atoms with Gasteiger partial charge < -0.3 is 15.3 Å². The summed E-state index contributed by atoms with van der Waals surface area (Å²) in [6.07, 6.45) is 2.05. The standard InChI is InChI=1S/C22H28ClN5O4S/c1-26(11-12-29)33(32)22(8-9-22)14-28-10-7-17-18(25-27(2)19(17)21(28)31)20(30)24-13-15-3-5-16(23)6-4-15/h3-6,29H,7-14H2,1-2H3,(H,24,30). The van der Waals surface area contributed by atoms with E-state index in [0.717, 1.165) is 18.4 Å². The Kier molecular flexibility index (Phi) is 6.90. The highest BCUT2D eigenvalue weighted by molar-refractivity contribution is 7.84. The molecule has 0 spiro atoms. The van der Waals surface area contributed by atoms with Gasteiger partial charge in [0.15, 0.2) is 5.69 Å². The molecule has 2 aliphatic rings. The Labute approximate surface area is 200 Å². The number of fused-ring (bicyclic) bond motifs is 1. The molecule has 1 aliphatic carbocycles. The van der Waals surface area contributed by atoms with Gasteiger partial charge in [0.2, 0.25) is 0 Å². The van der Waals surface area contributed by atoms with E-state index in [0.29, 0.717) is 48.9 Å². The molecule has 2 N–H and O–H groups in total. The second kappa shape index (κ2) is 9.54. The fraction of sp³-hybridized carbons (Fsp3) is 0.500. The zero-order chi connectivity index (χ0) is 23.8. The predicted molar refractivity (Wildman–Crippen MR) is 125 cm³/mol. The van der Waals surface area contributed by atoms with E-state index >= 15 is 0 Å². The molecule has 2 amide bonds. The molecule has 1 saturated carbocycles. The summed E-state index contributed by atoms with van der Waals surface area (Å²) in [5.74, 6) is -0.524. The van der Waals surface area contributed by atoms with Crippen molar-refractivity contribution < 1.29 is 18.9 Å². The number of likely N-dealkylation sites (N-methyl/N-ethyl adjacent to an activating group) is 1. The van der Waals surface area contributed by atoms with Gasteiger partial charge in [-0.3, -0.25) is 14.3 Å². The van der Waals surface area contributed by atoms with Crippen molar-refractivity contribution in [2.45, 2.75) is 30.6 Å². The van der Waals surface area contributed by atoms with Crippen LogP contribution in [0.15, 0.2) is 24.3 Å². The average Bonchev–Trinajstić information content (AvgIpc) is 3.50. The Balaban J connectivity index is 1.46. The van der Waals surface area contributed by atoms with E-state index in [1.54, 1.807) is 35.4 Å². The summed E-state index contributed by atoms with van der Waals surface area (Å²) in [4.78, 5) is 27.8. The van der Waals surface area contributed by atoms with Crippen LogP contribution in [0.4, 0.5) is 0 Å². The Morgan fingerprint density at radius 1 is 1.33 bits per heavy atom. The largest absolute Gasteiger partial charge is 0.395 e. The number of hydrogen-bond donors (Lipinski definition) is 2. The van der Waals surface area contributed by atoms with Crippen LogP contribution in [0.2, 0.25) is 5.02 Å². The van der Waals surface area contributed by atoms with Gasteiger partial charge in [-0.2, -0.15) is 5.10 Å². The minimum atomic E-state index is -1.28. The van der Waals surface area contributed by atoms with E-state index < -0.39 is 15.7 Å². The van der Waals surface area contributed by atoms with Gasteiger partial charge in [0, 0.05) is 43.8 Å². The van der Waals surface area contributed by atoms with Crippen molar-refractivity contribution in [3.8, 4) is 0 Å². The molecule has 1 unspecified atom stereocenters. The maximum Gasteiger partial charge on any atom is 0.272 e. The number of aliphatic hydroxyl groups excluding tert-OH is 1. The van der Waals surface area contributed by atoms with Gasteiger partial charge in [0.05, 0.1) is 11.4 Å². The van der Waals surface area contributed by atoms with E-state index in [2.05, 4.69) is 10.4 Å². The van der Waals surface area contributed by atoms with Gasteiger partial charge in [0.1, 0.15) is 16.7 Å². The topological polar surface area (TPSA) is 108 Å². The number of aromatic nitrogens is 2. The van der Waals surface area contributed by atoms with E-state index in [1.807, 2.05) is 12.1 Å². The smallest absolute Gasteiger partial charge is 0.272 e. The number of nitrogens with one attached hydrogen (secondary N) is 1. The Morgan fingerprint density at radius 2 is 2.03 bits per heavy atom. The van der Waals surface area contributed by atoms with Crippen LogP contribution >= 0.6 is 11.6 Å². The fourth-order valence-corrected chi connectivity index (χ4v) is 5.95. The minimum absolute atomic E-state index is 0.0673. The molecule has 4 rings (SSSR count). The van der Waals surface area contributed by atoms with Crippen molar-refractivity contribution in [1.29, 1.82) is 0 Å². The van der Waals surface area contributed by atoms with Gasteiger partial charge >= 0.3 is 0 Å². The minimum Gasteiger partial charge on any atom is -0.395 e. The second-order valence-corrected chi connectivity index (χ2v) is 11.0. The Hall–Kier alpha value is -2.27. The molecule has 178 valence electrons. The number of nitrogens with zero attached hydrogens (tertiary/aromatic N) is 4. The first-order valence-electron chi connectivity index (χ1n) is 10.9. The third kappa shape index (κ3) is 4.84. The zero-order valence-corrected chi connectivity index (χ0v) is 20.3. The highest BCUT2D eigenvalue weighted by Gasteiger charge is 2.52. The first kappa shape index (κ1) is 23.9. The number of aryl methyl sites for hydroxylation is 1. The summed E-state index contributed by atoms with van der Waals surface area (Å²) in [5, 5.41) is 17.0. The summed E-state index contributed by atoms with van der Waals surface area (Å²) in [5.41, 5.74) is 2.23. The molecule has 0 saturated heterocycles. The van der Waals surface area contributed by atoms with Gasteiger partial charge in [-0.1, -0.05) is 23.7 Å². The van der Waals surface area contributed by atoms with Crippen LogP contribution in [-0.2, 0) is 31.0 Å². The molecule has 11 heteroatoms. The lowest BCUT2D eigenvalue weighted by atomic mass is 10.0. The molecule has 1 fully saturated rings. The van der Waals surface area contributed by atoms with Crippen LogP contribution in [0.25, 0.3) is 0 Å². The van der Waals surface area contributed by atoms with E-state index in [9.17, 15) is 13.8 Å². The molecule has 9 nitrogen and oxygen atoms in total. The molecule has 2 heterocycles. The van der Waals surface area contributed by atoms with Crippen molar-refractivity contribution in [3.63, 3.8) is 0 Å². The highest BCUT2D eigenvalue weighted by Crippen LogP contribution is 2.44. The van der Waals surface area contributed by atoms with E-state index in [-0.39, 0.29) is 24.1 Å². The summed E-state index contributed by atoms with van der Waals surface area (Å²) >= 11 is 5.90. The van der Waals surface area contributed by atoms with Crippen LogP contribution in [0.1, 0.15) is 44.9 Å². The van der Waals surface area contributed by atoms with Crippen LogP contribution in [-0.4, -0.2) is 78.2 Å². The second-order valence-electron chi connectivity index (χ2n) is 8.59. The van der Waals surface area contributed by atoms with Crippen molar-refractivity contribution >= 4 is 34.4 Å². The van der Waals surface area contributed by atoms with Gasteiger partial charge in [-0.05, 0) is 44.0 Å². The number of benzene rings is 1. The van der Waals surface area contributed by atoms with Crippen molar-refractivity contribution in [2.24, 2.45) is 7.05 Å². The molecular formula is C22H28ClN5O4S. The molecule has 1 atom stereocenters. The number of carbonyl (C=O) groups excluding carboxylic acids is 2. The Bertz CT molecular complexity index is 1080. The lowest BCUT2D eigenvalue weighted by Crippen LogP contribution is -2.47. The predicted octanol–water partition coefficient (Wildman–Crippen LogP) is 1.12. The summed E-state index contributed by atoms with van der Waals surface area (Å²) in [6, 6.07) is 7.21. The monoisotopic (exact) mass is 493 g/mol. The van der Waals surface area contributed by atoms with Gasteiger partial charge in [-0.25, -0.2) is 8.51 Å². The molecule has 0 radical (unpaired) electrons. The maximum atomic E-state index is 13.3. The van der Waals surface area contributed by atoms with Crippen LogP contribution < -0.4 is 5.32 Å². The molecule has 0 bridgehead atoms. The SMILES string of the molecule is CN(CCO)S(=O)C1(CN2CCc3c(C(=O)NCc4ccc(Cl)cc4)nn(C)c3C2=O)CC1. The normalized spacial score (nSPS) is 17.7. The number of amides is 2.